The maximum atomic E-state index is 4.04. The van der Waals surface area contributed by atoms with Crippen molar-refractivity contribution < 1.29 is 0 Å². The van der Waals surface area contributed by atoms with Crippen molar-refractivity contribution in [1.29, 1.82) is 0 Å². The van der Waals surface area contributed by atoms with Crippen LogP contribution in [0.2, 0.25) is 0 Å². The Balaban J connectivity index is 2.76. The largest absolute Gasteiger partial charge is 0.378 e. The van der Waals surface area contributed by atoms with Gasteiger partial charge in [0.15, 0.2) is 0 Å². The van der Waals surface area contributed by atoms with E-state index in [4.69, 9.17) is 0 Å². The standard InChI is InChI=1S/C14H21N/c1-11(2)10-13-6-8-14(9-7-13)12(3)15(4)5/h6-9,11H,3,10H2,1-2,4-5H3. The van der Waals surface area contributed by atoms with Gasteiger partial charge in [-0.25, -0.2) is 0 Å². The van der Waals surface area contributed by atoms with Crippen molar-refractivity contribution in [1.82, 2.24) is 4.90 Å². The third kappa shape index (κ3) is 3.43. The van der Waals surface area contributed by atoms with E-state index in [1.165, 1.54) is 11.1 Å². The van der Waals surface area contributed by atoms with Crippen LogP contribution in [0.4, 0.5) is 0 Å². The molecule has 0 saturated heterocycles. The van der Waals surface area contributed by atoms with Gasteiger partial charge >= 0.3 is 0 Å². The Hall–Kier alpha value is -1.24. The summed E-state index contributed by atoms with van der Waals surface area (Å²) in [6.45, 7) is 8.53. The summed E-state index contributed by atoms with van der Waals surface area (Å²) in [6, 6.07) is 8.70. The van der Waals surface area contributed by atoms with Gasteiger partial charge in [0.1, 0.15) is 0 Å². The minimum absolute atomic E-state index is 0.716. The van der Waals surface area contributed by atoms with Gasteiger partial charge in [0.05, 0.1) is 0 Å². The zero-order valence-electron chi connectivity index (χ0n) is 10.2. The molecule has 0 aliphatic rings. The van der Waals surface area contributed by atoms with Crippen molar-refractivity contribution in [2.75, 3.05) is 14.1 Å². The molecule has 0 atom stereocenters. The van der Waals surface area contributed by atoms with Crippen LogP contribution in [0.25, 0.3) is 5.70 Å². The first-order chi connectivity index (χ1) is 7.00. The minimum atomic E-state index is 0.716. The van der Waals surface area contributed by atoms with Gasteiger partial charge in [-0.1, -0.05) is 44.7 Å². The summed E-state index contributed by atoms with van der Waals surface area (Å²) in [5, 5.41) is 0. The van der Waals surface area contributed by atoms with E-state index in [1.807, 2.05) is 19.0 Å². The van der Waals surface area contributed by atoms with E-state index in [0.717, 1.165) is 12.1 Å². The van der Waals surface area contributed by atoms with Crippen LogP contribution in [0.3, 0.4) is 0 Å². The van der Waals surface area contributed by atoms with Crippen LogP contribution in [0, 0.1) is 5.92 Å². The third-order valence-electron chi connectivity index (χ3n) is 2.47. The number of nitrogens with zero attached hydrogens (tertiary/aromatic N) is 1. The van der Waals surface area contributed by atoms with Gasteiger partial charge in [-0.2, -0.15) is 0 Å². The van der Waals surface area contributed by atoms with E-state index in [1.54, 1.807) is 0 Å². The molecule has 1 aromatic rings. The van der Waals surface area contributed by atoms with Crippen molar-refractivity contribution in [2.45, 2.75) is 20.3 Å². The third-order valence-corrected chi connectivity index (χ3v) is 2.47. The molecule has 15 heavy (non-hydrogen) atoms. The topological polar surface area (TPSA) is 3.24 Å². The first-order valence-electron chi connectivity index (χ1n) is 5.46. The average Bonchev–Trinajstić information content (AvgIpc) is 2.17. The molecule has 0 aliphatic carbocycles. The molecule has 0 aromatic heterocycles. The molecule has 1 aromatic carbocycles. The Morgan fingerprint density at radius 2 is 1.73 bits per heavy atom. The zero-order valence-corrected chi connectivity index (χ0v) is 10.2. The van der Waals surface area contributed by atoms with Gasteiger partial charge in [-0.3, -0.25) is 0 Å². The molecule has 0 heterocycles. The summed E-state index contributed by atoms with van der Waals surface area (Å²) < 4.78 is 0. The second-order valence-corrected chi connectivity index (χ2v) is 4.64. The number of hydrogen-bond donors (Lipinski definition) is 0. The second kappa shape index (κ2) is 5.01. The lowest BCUT2D eigenvalue weighted by atomic mass is 10.0. The first-order valence-corrected chi connectivity index (χ1v) is 5.46. The highest BCUT2D eigenvalue weighted by Crippen LogP contribution is 2.16. The van der Waals surface area contributed by atoms with Crippen molar-refractivity contribution in [3.8, 4) is 0 Å². The highest BCUT2D eigenvalue weighted by atomic mass is 15.1. The van der Waals surface area contributed by atoms with Crippen LogP contribution < -0.4 is 0 Å². The molecule has 0 amide bonds. The molecule has 0 fully saturated rings. The summed E-state index contributed by atoms with van der Waals surface area (Å²) >= 11 is 0. The van der Waals surface area contributed by atoms with Crippen molar-refractivity contribution in [2.24, 2.45) is 5.92 Å². The van der Waals surface area contributed by atoms with Gasteiger partial charge in [-0.15, -0.1) is 0 Å². The molecule has 0 bridgehead atoms. The number of rotatable bonds is 4. The van der Waals surface area contributed by atoms with Gasteiger partial charge in [0.2, 0.25) is 0 Å². The van der Waals surface area contributed by atoms with Crippen LogP contribution >= 0.6 is 0 Å². The van der Waals surface area contributed by atoms with Gasteiger partial charge < -0.3 is 4.90 Å². The molecular formula is C14H21N. The average molecular weight is 203 g/mol. The molecule has 0 radical (unpaired) electrons. The van der Waals surface area contributed by atoms with Crippen LogP contribution in [-0.2, 0) is 6.42 Å². The van der Waals surface area contributed by atoms with E-state index >= 15 is 0 Å². The maximum absolute atomic E-state index is 4.04. The predicted molar refractivity (Wildman–Crippen MR) is 67.7 cm³/mol. The summed E-state index contributed by atoms with van der Waals surface area (Å²) in [6.07, 6.45) is 1.15. The maximum Gasteiger partial charge on any atom is 0.0361 e. The highest BCUT2D eigenvalue weighted by molar-refractivity contribution is 5.61. The van der Waals surface area contributed by atoms with Crippen LogP contribution in [0.5, 0.6) is 0 Å². The summed E-state index contributed by atoms with van der Waals surface area (Å²) in [5.74, 6) is 0.716. The van der Waals surface area contributed by atoms with Crippen LogP contribution in [-0.4, -0.2) is 19.0 Å². The number of hydrogen-bond acceptors (Lipinski definition) is 1. The van der Waals surface area contributed by atoms with Crippen LogP contribution in [0.1, 0.15) is 25.0 Å². The summed E-state index contributed by atoms with van der Waals surface area (Å²) in [4.78, 5) is 2.04. The lowest BCUT2D eigenvalue weighted by molar-refractivity contribution is 0.593. The molecule has 1 nitrogen and oxygen atoms in total. The zero-order chi connectivity index (χ0) is 11.4. The molecule has 0 spiro atoms. The molecule has 1 rings (SSSR count). The fourth-order valence-electron chi connectivity index (χ4n) is 1.56. The molecule has 82 valence electrons. The molecule has 0 unspecified atom stereocenters. The van der Waals surface area contributed by atoms with E-state index in [-0.39, 0.29) is 0 Å². The van der Waals surface area contributed by atoms with Gasteiger partial charge in [0, 0.05) is 19.8 Å². The van der Waals surface area contributed by atoms with Crippen molar-refractivity contribution in [3.63, 3.8) is 0 Å². The predicted octanol–water partition coefficient (Wildman–Crippen LogP) is 3.42. The monoisotopic (exact) mass is 203 g/mol. The Morgan fingerprint density at radius 3 is 2.13 bits per heavy atom. The number of benzene rings is 1. The van der Waals surface area contributed by atoms with Crippen LogP contribution in [0.15, 0.2) is 30.8 Å². The Labute approximate surface area is 93.4 Å². The van der Waals surface area contributed by atoms with E-state index in [2.05, 4.69) is 44.7 Å². The minimum Gasteiger partial charge on any atom is -0.378 e. The normalized spacial score (nSPS) is 10.5. The molecular weight excluding hydrogens is 182 g/mol. The SMILES string of the molecule is C=C(c1ccc(CC(C)C)cc1)N(C)C. The summed E-state index contributed by atoms with van der Waals surface area (Å²) in [5.41, 5.74) is 3.67. The summed E-state index contributed by atoms with van der Waals surface area (Å²) in [7, 11) is 4.04. The van der Waals surface area contributed by atoms with E-state index in [0.29, 0.717) is 5.92 Å². The molecule has 0 saturated carbocycles. The Bertz CT molecular complexity index is 320. The van der Waals surface area contributed by atoms with Crippen molar-refractivity contribution >= 4 is 5.70 Å². The van der Waals surface area contributed by atoms with Crippen molar-refractivity contribution in [3.05, 3.63) is 42.0 Å². The van der Waals surface area contributed by atoms with Gasteiger partial charge in [-0.05, 0) is 23.5 Å². The smallest absolute Gasteiger partial charge is 0.0361 e. The highest BCUT2D eigenvalue weighted by Gasteiger charge is 2.01. The second-order valence-electron chi connectivity index (χ2n) is 4.64. The van der Waals surface area contributed by atoms with E-state index in [9.17, 15) is 0 Å². The van der Waals surface area contributed by atoms with Gasteiger partial charge in [0.25, 0.3) is 0 Å². The molecule has 0 N–H and O–H groups in total. The first kappa shape index (κ1) is 11.8. The molecule has 1 heteroatoms. The fraction of sp³-hybridized carbons (Fsp3) is 0.429. The quantitative estimate of drug-likeness (QED) is 0.724. The lowest BCUT2D eigenvalue weighted by Crippen LogP contribution is -2.08. The Morgan fingerprint density at radius 1 is 1.20 bits per heavy atom. The lowest BCUT2D eigenvalue weighted by Gasteiger charge is -2.16. The Kier molecular flexibility index (Phi) is 3.96. The fourth-order valence-corrected chi connectivity index (χ4v) is 1.56. The molecule has 0 aliphatic heterocycles. The van der Waals surface area contributed by atoms with E-state index < -0.39 is 0 Å².